The van der Waals surface area contributed by atoms with E-state index in [2.05, 4.69) is 26.0 Å². The summed E-state index contributed by atoms with van der Waals surface area (Å²) in [4.78, 5) is 50.7. The van der Waals surface area contributed by atoms with Crippen LogP contribution in [0, 0.1) is 5.41 Å². The number of aliphatic hydroxyl groups is 1. The number of hydrogen-bond donors (Lipinski definition) is 4. The van der Waals surface area contributed by atoms with Crippen LogP contribution in [0.25, 0.3) is 0 Å². The highest BCUT2D eigenvalue weighted by molar-refractivity contribution is 6.19. The van der Waals surface area contributed by atoms with Crippen molar-refractivity contribution in [2.75, 3.05) is 38.2 Å². The number of amides is 3. The maximum atomic E-state index is 13.3. The van der Waals surface area contributed by atoms with Crippen LogP contribution in [0.4, 0.5) is 5.82 Å². The third-order valence-electron chi connectivity index (χ3n) is 6.60. The summed E-state index contributed by atoms with van der Waals surface area (Å²) in [7, 11) is 0. The number of carbonyl (C=O) groups excluding carboxylic acids is 3. The number of aromatic nitrogens is 2. The SMILES string of the molecule is CC(C)(C)CN1C(O)=C(C(=O)NC2CC2)C(=O)N2NC(Nc3cnc(C(=O)N4CCOCC4)cn3)CC12. The van der Waals surface area contributed by atoms with E-state index in [-0.39, 0.29) is 34.5 Å². The lowest BCUT2D eigenvalue weighted by molar-refractivity contribution is -0.142. The lowest BCUT2D eigenvalue weighted by Gasteiger charge is -2.42. The van der Waals surface area contributed by atoms with Crippen LogP contribution < -0.4 is 16.1 Å². The first-order chi connectivity index (χ1) is 17.6. The number of fused-ring (bicyclic) bond motifs is 1. The highest BCUT2D eigenvalue weighted by atomic mass is 16.5. The minimum atomic E-state index is -0.576. The average molecular weight is 515 g/mol. The van der Waals surface area contributed by atoms with Crippen LogP contribution in [-0.2, 0) is 14.3 Å². The van der Waals surface area contributed by atoms with Crippen molar-refractivity contribution in [1.29, 1.82) is 0 Å². The number of aliphatic hydroxyl groups excluding tert-OH is 1. The Morgan fingerprint density at radius 1 is 1.19 bits per heavy atom. The number of ether oxygens (including phenoxy) is 1. The third kappa shape index (κ3) is 5.47. The lowest BCUT2D eigenvalue weighted by atomic mass is 9.95. The van der Waals surface area contributed by atoms with Crippen LogP contribution >= 0.6 is 0 Å². The first kappa shape index (κ1) is 25.2. The van der Waals surface area contributed by atoms with E-state index in [1.165, 1.54) is 17.4 Å². The molecule has 4 N–H and O–H groups in total. The van der Waals surface area contributed by atoms with Crippen molar-refractivity contribution in [3.63, 3.8) is 0 Å². The minimum Gasteiger partial charge on any atom is -0.494 e. The minimum absolute atomic E-state index is 0.0482. The Kier molecular flexibility index (Phi) is 6.67. The van der Waals surface area contributed by atoms with Gasteiger partial charge in [0.05, 0.1) is 31.8 Å². The zero-order chi connectivity index (χ0) is 26.3. The molecule has 13 nitrogen and oxygen atoms in total. The van der Waals surface area contributed by atoms with Crippen molar-refractivity contribution < 1.29 is 24.2 Å². The van der Waals surface area contributed by atoms with Crippen LogP contribution in [-0.4, -0.2) is 98.8 Å². The number of hydrogen-bond acceptors (Lipinski definition) is 10. The standard InChI is InChI=1S/C24H34N8O5/c1-24(2,3)13-31-18-10-16(29-32(18)23(36)19(22(31)35)20(33)27-14-4-5-14)28-17-12-25-15(11-26-17)21(34)30-6-8-37-9-7-30/h11-12,14,16,18,29,35H,4-10,13H2,1-3H3,(H,26,28)(H,27,33). The Bertz CT molecular complexity index is 1090. The van der Waals surface area contributed by atoms with E-state index in [0.717, 1.165) is 12.8 Å². The first-order valence-electron chi connectivity index (χ1n) is 12.7. The van der Waals surface area contributed by atoms with Crippen LogP contribution in [0.3, 0.4) is 0 Å². The number of anilines is 1. The molecule has 1 aliphatic carbocycles. The van der Waals surface area contributed by atoms with Gasteiger partial charge in [0.1, 0.15) is 17.7 Å². The summed E-state index contributed by atoms with van der Waals surface area (Å²) in [6.07, 6.45) is 4.13. The van der Waals surface area contributed by atoms with Gasteiger partial charge in [0.2, 0.25) is 5.88 Å². The number of nitrogens with zero attached hydrogens (tertiary/aromatic N) is 5. The molecule has 1 saturated carbocycles. The average Bonchev–Trinajstić information content (AvgIpc) is 3.57. The van der Waals surface area contributed by atoms with Gasteiger partial charge in [-0.1, -0.05) is 20.8 Å². The van der Waals surface area contributed by atoms with Gasteiger partial charge in [-0.2, -0.15) is 0 Å². The van der Waals surface area contributed by atoms with Gasteiger partial charge < -0.3 is 30.3 Å². The van der Waals surface area contributed by atoms with E-state index >= 15 is 0 Å². The summed E-state index contributed by atoms with van der Waals surface area (Å²) in [6, 6.07) is 0.0482. The predicted molar refractivity (Wildman–Crippen MR) is 132 cm³/mol. The monoisotopic (exact) mass is 514 g/mol. The van der Waals surface area contributed by atoms with Crippen molar-refractivity contribution in [2.45, 2.75) is 58.4 Å². The molecule has 3 amide bonds. The number of hydrazine groups is 1. The van der Waals surface area contributed by atoms with Crippen LogP contribution in [0.2, 0.25) is 0 Å². The van der Waals surface area contributed by atoms with Gasteiger partial charge in [-0.15, -0.1) is 0 Å². The van der Waals surface area contributed by atoms with Crippen molar-refractivity contribution in [3.8, 4) is 0 Å². The van der Waals surface area contributed by atoms with E-state index in [4.69, 9.17) is 4.74 Å². The van der Waals surface area contributed by atoms with E-state index in [1.54, 1.807) is 9.80 Å². The van der Waals surface area contributed by atoms with Gasteiger partial charge >= 0.3 is 0 Å². The zero-order valence-electron chi connectivity index (χ0n) is 21.4. The summed E-state index contributed by atoms with van der Waals surface area (Å²) in [5.74, 6) is -1.21. The molecular formula is C24H34N8O5. The fourth-order valence-corrected chi connectivity index (χ4v) is 4.67. The topological polar surface area (TPSA) is 152 Å². The first-order valence-corrected chi connectivity index (χ1v) is 12.7. The molecule has 13 heteroatoms. The second-order valence-electron chi connectivity index (χ2n) is 11.0. The maximum absolute atomic E-state index is 13.3. The smallest absolute Gasteiger partial charge is 0.281 e. The van der Waals surface area contributed by atoms with Crippen molar-refractivity contribution >= 4 is 23.5 Å². The number of rotatable bonds is 6. The van der Waals surface area contributed by atoms with E-state index < -0.39 is 24.1 Å². The molecule has 0 bridgehead atoms. The molecule has 3 aliphatic heterocycles. The van der Waals surface area contributed by atoms with Gasteiger partial charge in [0.15, 0.2) is 5.57 Å². The summed E-state index contributed by atoms with van der Waals surface area (Å²) in [5, 5.41) is 18.5. The molecule has 0 spiro atoms. The molecule has 2 atom stereocenters. The van der Waals surface area contributed by atoms with Gasteiger partial charge in [0, 0.05) is 32.1 Å². The van der Waals surface area contributed by atoms with Crippen molar-refractivity contribution in [2.24, 2.45) is 5.41 Å². The van der Waals surface area contributed by atoms with Gasteiger partial charge in [-0.05, 0) is 18.3 Å². The Morgan fingerprint density at radius 3 is 2.54 bits per heavy atom. The summed E-state index contributed by atoms with van der Waals surface area (Å²) < 4.78 is 5.29. The quantitative estimate of drug-likeness (QED) is 0.386. The molecule has 0 aromatic carbocycles. The van der Waals surface area contributed by atoms with Crippen LogP contribution in [0.1, 0.15) is 50.5 Å². The zero-order valence-corrected chi connectivity index (χ0v) is 21.4. The Balaban J connectivity index is 1.29. The summed E-state index contributed by atoms with van der Waals surface area (Å²) in [5.41, 5.74) is 2.90. The van der Waals surface area contributed by atoms with E-state index in [1.807, 2.05) is 20.8 Å². The maximum Gasteiger partial charge on any atom is 0.281 e. The van der Waals surface area contributed by atoms with Crippen molar-refractivity contribution in [3.05, 3.63) is 29.5 Å². The third-order valence-corrected chi connectivity index (χ3v) is 6.60. The van der Waals surface area contributed by atoms with Crippen LogP contribution in [0.5, 0.6) is 0 Å². The largest absolute Gasteiger partial charge is 0.494 e. The lowest BCUT2D eigenvalue weighted by Crippen LogP contribution is -2.58. The molecule has 200 valence electrons. The molecule has 0 radical (unpaired) electrons. The summed E-state index contributed by atoms with van der Waals surface area (Å²) in [6.45, 7) is 8.55. The second-order valence-corrected chi connectivity index (χ2v) is 11.0. The highest BCUT2D eigenvalue weighted by Crippen LogP contribution is 2.33. The number of nitrogens with one attached hydrogen (secondary N) is 3. The Morgan fingerprint density at radius 2 is 1.92 bits per heavy atom. The molecule has 37 heavy (non-hydrogen) atoms. The Hall–Kier alpha value is -3.45. The van der Waals surface area contributed by atoms with Gasteiger partial charge in [-0.3, -0.25) is 14.4 Å². The summed E-state index contributed by atoms with van der Waals surface area (Å²) >= 11 is 0. The van der Waals surface area contributed by atoms with Gasteiger partial charge in [-0.25, -0.2) is 20.4 Å². The normalized spacial score (nSPS) is 24.3. The van der Waals surface area contributed by atoms with Gasteiger partial charge in [0.25, 0.3) is 17.7 Å². The Labute approximate surface area is 215 Å². The highest BCUT2D eigenvalue weighted by Gasteiger charge is 2.49. The van der Waals surface area contributed by atoms with E-state index in [9.17, 15) is 19.5 Å². The molecule has 4 aliphatic rings. The number of carbonyl (C=O) groups is 3. The fraction of sp³-hybridized carbons (Fsp3) is 0.625. The molecule has 2 unspecified atom stereocenters. The van der Waals surface area contributed by atoms with Crippen molar-refractivity contribution in [1.82, 2.24) is 35.5 Å². The second kappa shape index (κ2) is 9.78. The molecule has 4 heterocycles. The predicted octanol–water partition coefficient (Wildman–Crippen LogP) is 0.160. The molecule has 1 aromatic heterocycles. The van der Waals surface area contributed by atoms with Crippen LogP contribution in [0.15, 0.2) is 23.8 Å². The number of morpholine rings is 1. The fourth-order valence-electron chi connectivity index (χ4n) is 4.67. The molecular weight excluding hydrogens is 480 g/mol. The molecule has 5 rings (SSSR count). The van der Waals surface area contributed by atoms with E-state index in [0.29, 0.717) is 45.1 Å². The molecule has 3 fully saturated rings. The molecule has 1 aromatic rings. The molecule has 2 saturated heterocycles.